The summed E-state index contributed by atoms with van der Waals surface area (Å²) < 4.78 is 10.4. The van der Waals surface area contributed by atoms with Crippen molar-refractivity contribution < 1.29 is 23.9 Å². The number of benzene rings is 1. The van der Waals surface area contributed by atoms with E-state index in [0.29, 0.717) is 19.7 Å². The van der Waals surface area contributed by atoms with Gasteiger partial charge in [0.2, 0.25) is 5.91 Å². The molecule has 0 aliphatic carbocycles. The molecule has 2 heterocycles. The highest BCUT2D eigenvalue weighted by Crippen LogP contribution is 2.36. The van der Waals surface area contributed by atoms with Crippen LogP contribution in [0.5, 0.6) is 0 Å². The van der Waals surface area contributed by atoms with E-state index in [4.69, 9.17) is 9.47 Å². The van der Waals surface area contributed by atoms with Crippen molar-refractivity contribution in [1.29, 1.82) is 0 Å². The minimum absolute atomic E-state index is 0.0178. The van der Waals surface area contributed by atoms with Gasteiger partial charge in [-0.25, -0.2) is 0 Å². The van der Waals surface area contributed by atoms with Crippen molar-refractivity contribution in [2.24, 2.45) is 0 Å². The third-order valence-electron chi connectivity index (χ3n) is 4.01. The second-order valence-corrected chi connectivity index (χ2v) is 7.22. The summed E-state index contributed by atoms with van der Waals surface area (Å²) in [5.41, 5.74) is 0.749. The van der Waals surface area contributed by atoms with Gasteiger partial charge in [-0.3, -0.25) is 14.4 Å². The monoisotopic (exact) mass is 364 g/mol. The van der Waals surface area contributed by atoms with Crippen LogP contribution in [0, 0.1) is 0 Å². The number of para-hydroxylation sites is 1. The van der Waals surface area contributed by atoms with Crippen LogP contribution < -0.4 is 5.32 Å². The number of thioether (sulfide) groups is 1. The number of hydrogen-bond acceptors (Lipinski definition) is 6. The number of esters is 1. The molecule has 2 amide bonds. The van der Waals surface area contributed by atoms with Crippen LogP contribution in [-0.2, 0) is 23.9 Å². The van der Waals surface area contributed by atoms with Crippen LogP contribution in [0.15, 0.2) is 29.2 Å². The lowest BCUT2D eigenvalue weighted by atomic mass is 10.2. The number of ether oxygens (including phenoxy) is 2. The second kappa shape index (κ2) is 7.88. The minimum atomic E-state index is -0.555. The highest BCUT2D eigenvalue weighted by Gasteiger charge is 2.30. The van der Waals surface area contributed by atoms with Gasteiger partial charge in [-0.15, -0.1) is 11.8 Å². The number of nitrogens with one attached hydrogen (secondary N) is 1. The predicted octanol–water partition coefficient (Wildman–Crippen LogP) is 1.28. The van der Waals surface area contributed by atoms with Crippen LogP contribution in [0.25, 0.3) is 0 Å². The highest BCUT2D eigenvalue weighted by atomic mass is 32.2. The minimum Gasteiger partial charge on any atom is -0.456 e. The van der Waals surface area contributed by atoms with E-state index >= 15 is 0 Å². The molecule has 0 radical (unpaired) electrons. The number of anilines is 1. The maximum Gasteiger partial charge on any atom is 0.307 e. The molecule has 1 aromatic rings. The SMILES string of the molecule is C[C@@H]1CN(C(=O)COC(=O)C[C@@H]2Sc3ccccc3NC2=O)CCO1. The summed E-state index contributed by atoms with van der Waals surface area (Å²) in [5, 5.41) is 2.23. The van der Waals surface area contributed by atoms with Gasteiger partial charge < -0.3 is 19.7 Å². The highest BCUT2D eigenvalue weighted by molar-refractivity contribution is 8.01. The Morgan fingerprint density at radius 1 is 1.40 bits per heavy atom. The zero-order valence-corrected chi connectivity index (χ0v) is 14.7. The van der Waals surface area contributed by atoms with E-state index in [0.717, 1.165) is 10.6 Å². The van der Waals surface area contributed by atoms with Crippen molar-refractivity contribution in [2.75, 3.05) is 31.6 Å². The molecule has 0 saturated carbocycles. The first-order chi connectivity index (χ1) is 12.0. The normalized spacial score (nSPS) is 22.8. The molecule has 2 atom stereocenters. The van der Waals surface area contributed by atoms with Crippen molar-refractivity contribution in [1.82, 2.24) is 4.90 Å². The molecule has 8 heteroatoms. The van der Waals surface area contributed by atoms with E-state index < -0.39 is 11.2 Å². The van der Waals surface area contributed by atoms with Gasteiger partial charge in [0, 0.05) is 18.0 Å². The number of carbonyl (C=O) groups excluding carboxylic acids is 3. The molecule has 1 saturated heterocycles. The van der Waals surface area contributed by atoms with Gasteiger partial charge in [-0.1, -0.05) is 12.1 Å². The lowest BCUT2D eigenvalue weighted by Crippen LogP contribution is -2.46. The molecule has 0 bridgehead atoms. The third-order valence-corrected chi connectivity index (χ3v) is 5.28. The van der Waals surface area contributed by atoms with Gasteiger partial charge in [0.05, 0.1) is 30.1 Å². The summed E-state index contributed by atoms with van der Waals surface area (Å²) in [5.74, 6) is -1.02. The number of carbonyl (C=O) groups is 3. The van der Waals surface area contributed by atoms with Crippen molar-refractivity contribution in [3.8, 4) is 0 Å². The molecule has 7 nitrogen and oxygen atoms in total. The fraction of sp³-hybridized carbons (Fsp3) is 0.471. The molecular formula is C17H20N2O5S. The van der Waals surface area contributed by atoms with Gasteiger partial charge in [0.25, 0.3) is 5.91 Å². The maximum absolute atomic E-state index is 12.1. The quantitative estimate of drug-likeness (QED) is 0.810. The Morgan fingerprint density at radius 3 is 3.00 bits per heavy atom. The molecule has 0 unspecified atom stereocenters. The summed E-state index contributed by atoms with van der Waals surface area (Å²) in [6.45, 7) is 3.06. The summed E-state index contributed by atoms with van der Waals surface area (Å²) in [4.78, 5) is 38.7. The molecular weight excluding hydrogens is 344 g/mol. The fourth-order valence-electron chi connectivity index (χ4n) is 2.72. The standard InChI is InChI=1S/C17H20N2O5S/c1-11-9-19(6-7-23-11)15(20)10-24-16(21)8-14-17(22)18-12-4-2-3-5-13(12)25-14/h2-5,11,14H,6-10H2,1H3,(H,18,22)/t11-,14+/m1/s1. The van der Waals surface area contributed by atoms with Gasteiger partial charge in [0.1, 0.15) is 0 Å². The van der Waals surface area contributed by atoms with Gasteiger partial charge >= 0.3 is 5.97 Å². The van der Waals surface area contributed by atoms with Crippen molar-refractivity contribution in [3.63, 3.8) is 0 Å². The van der Waals surface area contributed by atoms with Crippen LogP contribution in [0.2, 0.25) is 0 Å². The van der Waals surface area contributed by atoms with Gasteiger partial charge in [0.15, 0.2) is 6.61 Å². The van der Waals surface area contributed by atoms with E-state index in [-0.39, 0.29) is 30.9 Å². The Labute approximate surface area is 150 Å². The zero-order chi connectivity index (χ0) is 17.8. The summed E-state index contributed by atoms with van der Waals surface area (Å²) in [6.07, 6.45) is -0.0896. The molecule has 25 heavy (non-hydrogen) atoms. The van der Waals surface area contributed by atoms with E-state index in [2.05, 4.69) is 5.32 Å². The number of amides is 2. The lowest BCUT2D eigenvalue weighted by molar-refractivity contribution is -0.155. The Kier molecular flexibility index (Phi) is 5.60. The van der Waals surface area contributed by atoms with E-state index in [1.54, 1.807) is 4.90 Å². The number of rotatable bonds is 4. The van der Waals surface area contributed by atoms with Gasteiger partial charge in [-0.05, 0) is 19.1 Å². The van der Waals surface area contributed by atoms with E-state index in [1.807, 2.05) is 31.2 Å². The average molecular weight is 364 g/mol. The van der Waals surface area contributed by atoms with Crippen LogP contribution in [-0.4, -0.2) is 60.3 Å². The van der Waals surface area contributed by atoms with Gasteiger partial charge in [-0.2, -0.15) is 0 Å². The molecule has 1 fully saturated rings. The zero-order valence-electron chi connectivity index (χ0n) is 13.9. The van der Waals surface area contributed by atoms with E-state index in [1.165, 1.54) is 11.8 Å². The smallest absolute Gasteiger partial charge is 0.307 e. The molecule has 0 aromatic heterocycles. The molecule has 1 aromatic carbocycles. The van der Waals surface area contributed by atoms with Crippen molar-refractivity contribution >= 4 is 35.2 Å². The second-order valence-electron chi connectivity index (χ2n) is 5.98. The van der Waals surface area contributed by atoms with E-state index in [9.17, 15) is 14.4 Å². The fourth-order valence-corrected chi connectivity index (χ4v) is 3.81. The molecule has 3 rings (SSSR count). The maximum atomic E-state index is 12.1. The first-order valence-electron chi connectivity index (χ1n) is 8.14. The molecule has 2 aliphatic rings. The number of morpholine rings is 1. The lowest BCUT2D eigenvalue weighted by Gasteiger charge is -2.31. The summed E-state index contributed by atoms with van der Waals surface area (Å²) in [6, 6.07) is 7.42. The van der Waals surface area contributed by atoms with Crippen molar-refractivity contribution in [3.05, 3.63) is 24.3 Å². The molecule has 2 aliphatic heterocycles. The molecule has 0 spiro atoms. The topological polar surface area (TPSA) is 84.9 Å². The predicted molar refractivity (Wildman–Crippen MR) is 92.3 cm³/mol. The van der Waals surface area contributed by atoms with Crippen LogP contribution in [0.4, 0.5) is 5.69 Å². The Morgan fingerprint density at radius 2 is 2.20 bits per heavy atom. The first kappa shape index (κ1) is 17.8. The number of hydrogen-bond donors (Lipinski definition) is 1. The Bertz CT molecular complexity index is 681. The average Bonchev–Trinajstić information content (AvgIpc) is 2.60. The Balaban J connectivity index is 1.48. The van der Waals surface area contributed by atoms with Crippen molar-refractivity contribution in [2.45, 2.75) is 29.6 Å². The largest absolute Gasteiger partial charge is 0.456 e. The van der Waals surface area contributed by atoms with Crippen LogP contribution in [0.3, 0.4) is 0 Å². The number of nitrogens with zero attached hydrogens (tertiary/aromatic N) is 1. The molecule has 1 N–H and O–H groups in total. The third kappa shape index (κ3) is 4.52. The Hall–Kier alpha value is -2.06. The van der Waals surface area contributed by atoms with Crippen LogP contribution >= 0.6 is 11.8 Å². The summed E-state index contributed by atoms with van der Waals surface area (Å²) >= 11 is 1.33. The summed E-state index contributed by atoms with van der Waals surface area (Å²) in [7, 11) is 0. The number of fused-ring (bicyclic) bond motifs is 1. The molecule has 134 valence electrons. The van der Waals surface area contributed by atoms with Crippen LogP contribution in [0.1, 0.15) is 13.3 Å². The first-order valence-corrected chi connectivity index (χ1v) is 9.02.